The van der Waals surface area contributed by atoms with Crippen molar-refractivity contribution in [2.24, 2.45) is 5.73 Å². The third-order valence-electron chi connectivity index (χ3n) is 5.46. The highest BCUT2D eigenvalue weighted by Gasteiger charge is 2.37. The van der Waals surface area contributed by atoms with E-state index in [0.29, 0.717) is 12.8 Å². The first kappa shape index (κ1) is 18.6. The maximum Gasteiger partial charge on any atom is 0.341 e. The molecule has 150 valence electrons. The van der Waals surface area contributed by atoms with Crippen molar-refractivity contribution in [1.82, 2.24) is 4.57 Å². The van der Waals surface area contributed by atoms with Crippen LogP contribution in [0.3, 0.4) is 0 Å². The van der Waals surface area contributed by atoms with E-state index < -0.39 is 51.8 Å². The Bertz CT molecular complexity index is 1050. The molecule has 1 aliphatic carbocycles. The van der Waals surface area contributed by atoms with Gasteiger partial charge in [0.25, 0.3) is 0 Å². The maximum atomic E-state index is 15.6. The van der Waals surface area contributed by atoms with Gasteiger partial charge in [-0.3, -0.25) is 4.79 Å². The number of fused-ring (bicyclic) bond motifs is 1. The molecular weight excluding hydrogens is 374 g/mol. The number of nitrogen functional groups attached to an aromatic ring is 1. The molecule has 2 fully saturated rings. The number of anilines is 2. The van der Waals surface area contributed by atoms with Crippen molar-refractivity contribution in [3.63, 3.8) is 0 Å². The van der Waals surface area contributed by atoms with Gasteiger partial charge in [-0.2, -0.15) is 0 Å². The Labute approximate surface area is 158 Å². The molecule has 1 aromatic heterocycles. The Morgan fingerprint density at radius 2 is 1.96 bits per heavy atom. The van der Waals surface area contributed by atoms with E-state index in [2.05, 4.69) is 0 Å². The van der Waals surface area contributed by atoms with Crippen molar-refractivity contribution in [1.29, 1.82) is 0 Å². The molecule has 2 aliphatic rings. The van der Waals surface area contributed by atoms with Crippen molar-refractivity contribution in [3.05, 3.63) is 33.6 Å². The van der Waals surface area contributed by atoms with Crippen molar-refractivity contribution in [3.8, 4) is 0 Å². The number of carboxylic acid groups (broad SMARTS) is 1. The summed E-state index contributed by atoms with van der Waals surface area (Å²) in [6.45, 7) is 0.315. The number of halogens is 2. The lowest BCUT2D eigenvalue weighted by molar-refractivity contribution is 0.0695. The van der Waals surface area contributed by atoms with Crippen LogP contribution in [0.5, 0.6) is 0 Å². The van der Waals surface area contributed by atoms with Crippen LogP contribution in [0, 0.1) is 11.6 Å². The molecule has 0 spiro atoms. The van der Waals surface area contributed by atoms with Gasteiger partial charge in [0.15, 0.2) is 11.6 Å². The Kier molecular flexibility index (Phi) is 4.27. The van der Waals surface area contributed by atoms with Crippen molar-refractivity contribution in [2.45, 2.75) is 31.0 Å². The third kappa shape index (κ3) is 2.63. The number of aromatic carboxylic acids is 1. The molecule has 0 amide bonds. The molecule has 4 rings (SSSR count). The first-order valence-electron chi connectivity index (χ1n) is 8.88. The number of nitrogens with zero attached hydrogens (tertiary/aromatic N) is 2. The molecule has 0 unspecified atom stereocenters. The van der Waals surface area contributed by atoms with Crippen LogP contribution in [0.1, 0.15) is 29.2 Å². The summed E-state index contributed by atoms with van der Waals surface area (Å²) >= 11 is 0. The van der Waals surface area contributed by atoms with E-state index in [-0.39, 0.29) is 30.3 Å². The van der Waals surface area contributed by atoms with E-state index in [1.54, 1.807) is 0 Å². The number of hydrogen-bond donors (Lipinski definition) is 3. The van der Waals surface area contributed by atoms with Gasteiger partial charge in [0.05, 0.1) is 28.7 Å². The molecule has 2 aromatic rings. The van der Waals surface area contributed by atoms with Crippen LogP contribution in [-0.2, 0) is 4.74 Å². The second-order valence-electron chi connectivity index (χ2n) is 7.27. The van der Waals surface area contributed by atoms with Gasteiger partial charge in [-0.15, -0.1) is 0 Å². The molecule has 1 saturated heterocycles. The van der Waals surface area contributed by atoms with Crippen molar-refractivity contribution < 1.29 is 23.4 Å². The molecular formula is C18H20F2N4O4. The lowest BCUT2D eigenvalue weighted by atomic mass is 10.1. The second-order valence-corrected chi connectivity index (χ2v) is 7.27. The Hall–Kier alpha value is -2.72. The SMILES string of the molecule is CO[C@@H]1CN(c2c(F)c(N)c3c(=O)c(C(=O)O)cn(C4CC4)c3c2F)C[C@@H]1N. The van der Waals surface area contributed by atoms with Gasteiger partial charge in [0.1, 0.15) is 11.3 Å². The zero-order valence-corrected chi connectivity index (χ0v) is 15.1. The summed E-state index contributed by atoms with van der Waals surface area (Å²) in [5.74, 6) is -3.53. The lowest BCUT2D eigenvalue weighted by Gasteiger charge is -2.23. The van der Waals surface area contributed by atoms with E-state index in [9.17, 15) is 14.7 Å². The minimum absolute atomic E-state index is 0.151. The number of pyridine rings is 1. The topological polar surface area (TPSA) is 124 Å². The van der Waals surface area contributed by atoms with E-state index in [4.69, 9.17) is 16.2 Å². The maximum absolute atomic E-state index is 15.6. The quantitative estimate of drug-likeness (QED) is 0.663. The number of carbonyl (C=O) groups is 1. The third-order valence-corrected chi connectivity index (χ3v) is 5.46. The van der Waals surface area contributed by atoms with Gasteiger partial charge < -0.3 is 30.8 Å². The highest BCUT2D eigenvalue weighted by molar-refractivity contribution is 5.99. The van der Waals surface area contributed by atoms with E-state index in [1.807, 2.05) is 0 Å². The fraction of sp³-hybridized carbons (Fsp3) is 0.444. The zero-order chi connectivity index (χ0) is 20.3. The van der Waals surface area contributed by atoms with Crippen LogP contribution in [0.4, 0.5) is 20.2 Å². The van der Waals surface area contributed by atoms with Gasteiger partial charge in [-0.05, 0) is 12.8 Å². The predicted octanol–water partition coefficient (Wildman–Crippen LogP) is 1.06. The van der Waals surface area contributed by atoms with Crippen LogP contribution in [0.25, 0.3) is 10.9 Å². The molecule has 2 heterocycles. The molecule has 28 heavy (non-hydrogen) atoms. The summed E-state index contributed by atoms with van der Waals surface area (Å²) in [6.07, 6.45) is 2.10. The molecule has 1 saturated carbocycles. The van der Waals surface area contributed by atoms with Gasteiger partial charge in [-0.25, -0.2) is 13.6 Å². The first-order valence-corrected chi connectivity index (χ1v) is 8.88. The number of methoxy groups -OCH3 is 1. The summed E-state index contributed by atoms with van der Waals surface area (Å²) in [5.41, 5.74) is 9.15. The van der Waals surface area contributed by atoms with Crippen LogP contribution in [0.2, 0.25) is 0 Å². The Morgan fingerprint density at radius 3 is 2.50 bits per heavy atom. The number of rotatable bonds is 4. The number of aromatic nitrogens is 1. The molecule has 0 bridgehead atoms. The first-order chi connectivity index (χ1) is 13.3. The average molecular weight is 394 g/mol. The van der Waals surface area contributed by atoms with Crippen LogP contribution < -0.4 is 21.8 Å². The number of hydrogen-bond acceptors (Lipinski definition) is 6. The highest BCUT2D eigenvalue weighted by Crippen LogP contribution is 2.42. The number of carboxylic acids is 1. The fourth-order valence-electron chi connectivity index (χ4n) is 3.85. The lowest BCUT2D eigenvalue weighted by Crippen LogP contribution is -2.34. The fourth-order valence-corrected chi connectivity index (χ4v) is 3.85. The number of benzene rings is 1. The van der Waals surface area contributed by atoms with Gasteiger partial charge >= 0.3 is 5.97 Å². The normalized spacial score (nSPS) is 22.2. The molecule has 1 aliphatic heterocycles. The molecule has 5 N–H and O–H groups in total. The largest absolute Gasteiger partial charge is 0.477 e. The van der Waals surface area contributed by atoms with Crippen LogP contribution >= 0.6 is 0 Å². The second kappa shape index (κ2) is 6.42. The summed E-state index contributed by atoms with van der Waals surface area (Å²) in [5, 5.41) is 8.87. The van der Waals surface area contributed by atoms with E-state index in [0.717, 1.165) is 6.20 Å². The standard InChI is InChI=1S/C18H20F2N4O4/c1-28-10-6-23(5-9(10)21)16-12(19)14(22)11-15(13(16)20)24(7-2-3-7)4-8(17(11)25)18(26)27/h4,7,9-10H,2-3,5-6,21-22H2,1H3,(H,26,27)/t9-,10+/m0/s1. The predicted molar refractivity (Wildman–Crippen MR) is 98.8 cm³/mol. The van der Waals surface area contributed by atoms with Gasteiger partial charge in [0, 0.05) is 32.4 Å². The molecule has 0 radical (unpaired) electrons. The summed E-state index contributed by atoms with van der Waals surface area (Å²) in [7, 11) is 1.47. The molecule has 10 heteroatoms. The Morgan fingerprint density at radius 1 is 1.29 bits per heavy atom. The molecule has 1 aromatic carbocycles. The summed E-state index contributed by atoms with van der Waals surface area (Å²) in [4.78, 5) is 25.5. The van der Waals surface area contributed by atoms with Crippen LogP contribution in [0.15, 0.2) is 11.0 Å². The number of nitrogens with two attached hydrogens (primary N) is 2. The number of ether oxygens (including phenoxy) is 1. The van der Waals surface area contributed by atoms with Crippen LogP contribution in [-0.4, -0.2) is 48.0 Å². The summed E-state index contributed by atoms with van der Waals surface area (Å²) in [6, 6.07) is -0.610. The molecule has 2 atom stereocenters. The Balaban J connectivity index is 2.03. The van der Waals surface area contributed by atoms with Crippen molar-refractivity contribution >= 4 is 28.2 Å². The van der Waals surface area contributed by atoms with E-state index in [1.165, 1.54) is 16.6 Å². The van der Waals surface area contributed by atoms with Gasteiger partial charge in [0.2, 0.25) is 5.43 Å². The molecule has 8 nitrogen and oxygen atoms in total. The monoisotopic (exact) mass is 394 g/mol. The highest BCUT2D eigenvalue weighted by atomic mass is 19.1. The minimum atomic E-state index is -1.47. The smallest absolute Gasteiger partial charge is 0.341 e. The summed E-state index contributed by atoms with van der Waals surface area (Å²) < 4.78 is 37.3. The average Bonchev–Trinajstić information content (AvgIpc) is 3.42. The van der Waals surface area contributed by atoms with Crippen molar-refractivity contribution in [2.75, 3.05) is 30.8 Å². The zero-order valence-electron chi connectivity index (χ0n) is 15.1. The minimum Gasteiger partial charge on any atom is -0.477 e. The van der Waals surface area contributed by atoms with E-state index >= 15 is 8.78 Å². The van der Waals surface area contributed by atoms with Gasteiger partial charge in [-0.1, -0.05) is 0 Å².